The molecule has 0 unspecified atom stereocenters. The lowest BCUT2D eigenvalue weighted by Crippen LogP contribution is -2.39. The van der Waals surface area contributed by atoms with E-state index in [1.165, 1.54) is 11.3 Å². The minimum atomic E-state index is -0.602. The van der Waals surface area contributed by atoms with Gasteiger partial charge in [-0.05, 0) is 37.1 Å². The zero-order valence-corrected chi connectivity index (χ0v) is 18.0. The van der Waals surface area contributed by atoms with Crippen LogP contribution in [0.2, 0.25) is 5.02 Å². The summed E-state index contributed by atoms with van der Waals surface area (Å²) in [6.07, 6.45) is 1.76. The number of carbonyl (C=O) groups excluding carboxylic acids is 1. The zero-order valence-electron chi connectivity index (χ0n) is 16.5. The highest BCUT2D eigenvalue weighted by molar-refractivity contribution is 7.07. The molecule has 0 saturated heterocycles. The lowest BCUT2D eigenvalue weighted by Gasteiger charge is -2.24. The molecule has 152 valence electrons. The summed E-state index contributed by atoms with van der Waals surface area (Å²) in [6, 6.07) is 16.2. The van der Waals surface area contributed by atoms with Crippen molar-refractivity contribution in [2.24, 2.45) is 4.99 Å². The summed E-state index contributed by atoms with van der Waals surface area (Å²) in [4.78, 5) is 31.3. The van der Waals surface area contributed by atoms with Crippen molar-refractivity contribution < 1.29 is 9.53 Å². The van der Waals surface area contributed by atoms with Gasteiger partial charge < -0.3 is 4.74 Å². The second-order valence-electron chi connectivity index (χ2n) is 6.73. The number of allylic oxidation sites excluding steroid dienone is 1. The van der Waals surface area contributed by atoms with Crippen LogP contribution < -0.4 is 14.9 Å². The van der Waals surface area contributed by atoms with Gasteiger partial charge in [-0.25, -0.2) is 9.79 Å². The molecule has 2 heterocycles. The third-order valence-corrected chi connectivity index (χ3v) is 6.15. The SMILES string of the molecule is CCOC(=O)C1=C(C)N=c2s/c(=C/c3ccccc3Cl)c(=O)n2[C@@H]1c1ccccc1. The van der Waals surface area contributed by atoms with Crippen LogP contribution in [0.15, 0.2) is 75.7 Å². The molecular weight excluding hydrogens is 420 g/mol. The van der Waals surface area contributed by atoms with Crippen LogP contribution in [-0.4, -0.2) is 17.1 Å². The van der Waals surface area contributed by atoms with E-state index in [0.717, 1.165) is 11.1 Å². The van der Waals surface area contributed by atoms with Gasteiger partial charge in [0, 0.05) is 5.02 Å². The third kappa shape index (κ3) is 3.64. The summed E-state index contributed by atoms with van der Waals surface area (Å²) < 4.78 is 7.35. The monoisotopic (exact) mass is 438 g/mol. The third-order valence-electron chi connectivity index (χ3n) is 4.82. The van der Waals surface area contributed by atoms with Crippen molar-refractivity contribution in [2.75, 3.05) is 6.61 Å². The van der Waals surface area contributed by atoms with Crippen LogP contribution in [0, 0.1) is 0 Å². The molecule has 3 aromatic rings. The smallest absolute Gasteiger partial charge is 0.338 e. The molecule has 5 nitrogen and oxygen atoms in total. The van der Waals surface area contributed by atoms with Gasteiger partial charge in [-0.2, -0.15) is 0 Å². The Labute approximate surface area is 182 Å². The Morgan fingerprint density at radius 1 is 1.20 bits per heavy atom. The number of ether oxygens (including phenoxy) is 1. The fraction of sp³-hybridized carbons (Fsp3) is 0.174. The Morgan fingerprint density at radius 2 is 1.90 bits per heavy atom. The molecule has 1 atom stereocenters. The lowest BCUT2D eigenvalue weighted by atomic mass is 9.96. The molecule has 4 rings (SSSR count). The van der Waals surface area contributed by atoms with Gasteiger partial charge in [-0.3, -0.25) is 9.36 Å². The predicted molar refractivity (Wildman–Crippen MR) is 118 cm³/mol. The lowest BCUT2D eigenvalue weighted by molar-refractivity contribution is -0.139. The molecule has 0 aliphatic carbocycles. The first-order valence-corrected chi connectivity index (χ1v) is 10.7. The maximum atomic E-state index is 13.4. The van der Waals surface area contributed by atoms with Gasteiger partial charge in [-0.15, -0.1) is 0 Å². The molecule has 2 aromatic carbocycles. The number of rotatable bonds is 4. The number of esters is 1. The molecule has 1 aliphatic rings. The van der Waals surface area contributed by atoms with Crippen molar-refractivity contribution in [1.82, 2.24) is 4.57 Å². The van der Waals surface area contributed by atoms with Crippen molar-refractivity contribution in [3.8, 4) is 0 Å². The van der Waals surface area contributed by atoms with E-state index >= 15 is 0 Å². The quantitative estimate of drug-likeness (QED) is 0.586. The number of benzene rings is 2. The van der Waals surface area contributed by atoms with Gasteiger partial charge in [-0.1, -0.05) is 71.5 Å². The van der Waals surface area contributed by atoms with E-state index in [9.17, 15) is 9.59 Å². The molecule has 1 aliphatic heterocycles. The van der Waals surface area contributed by atoms with Gasteiger partial charge >= 0.3 is 5.97 Å². The molecule has 0 amide bonds. The maximum Gasteiger partial charge on any atom is 0.338 e. The van der Waals surface area contributed by atoms with Crippen LogP contribution in [0.3, 0.4) is 0 Å². The second-order valence-corrected chi connectivity index (χ2v) is 8.15. The number of fused-ring (bicyclic) bond motifs is 1. The van der Waals surface area contributed by atoms with Crippen molar-refractivity contribution in [3.63, 3.8) is 0 Å². The van der Waals surface area contributed by atoms with Gasteiger partial charge in [0.25, 0.3) is 5.56 Å². The molecule has 0 N–H and O–H groups in total. The minimum absolute atomic E-state index is 0.221. The van der Waals surface area contributed by atoms with Gasteiger partial charge in [0.1, 0.15) is 0 Å². The van der Waals surface area contributed by atoms with Crippen LogP contribution in [0.1, 0.15) is 31.0 Å². The van der Waals surface area contributed by atoms with Crippen LogP contribution in [-0.2, 0) is 9.53 Å². The van der Waals surface area contributed by atoms with E-state index in [1.54, 1.807) is 30.6 Å². The average molecular weight is 439 g/mol. The molecule has 1 aromatic heterocycles. The van der Waals surface area contributed by atoms with Crippen molar-refractivity contribution in [1.29, 1.82) is 0 Å². The van der Waals surface area contributed by atoms with E-state index < -0.39 is 12.0 Å². The number of aromatic nitrogens is 1. The highest BCUT2D eigenvalue weighted by atomic mass is 35.5. The van der Waals surface area contributed by atoms with E-state index in [4.69, 9.17) is 16.3 Å². The fourth-order valence-corrected chi connectivity index (χ4v) is 4.70. The number of hydrogen-bond acceptors (Lipinski definition) is 5. The molecule has 0 radical (unpaired) electrons. The summed E-state index contributed by atoms with van der Waals surface area (Å²) in [7, 11) is 0. The normalized spacial score (nSPS) is 16.2. The second kappa shape index (κ2) is 8.42. The Morgan fingerprint density at radius 3 is 2.60 bits per heavy atom. The topological polar surface area (TPSA) is 60.7 Å². The Kier molecular flexibility index (Phi) is 5.70. The van der Waals surface area contributed by atoms with E-state index in [2.05, 4.69) is 4.99 Å². The minimum Gasteiger partial charge on any atom is -0.463 e. The van der Waals surface area contributed by atoms with Crippen molar-refractivity contribution in [3.05, 3.63) is 102 Å². The van der Waals surface area contributed by atoms with Gasteiger partial charge in [0.15, 0.2) is 4.80 Å². The van der Waals surface area contributed by atoms with E-state index in [0.29, 0.717) is 25.6 Å². The Balaban J connectivity index is 1.97. The first-order chi connectivity index (χ1) is 14.5. The maximum absolute atomic E-state index is 13.4. The number of halogens is 1. The van der Waals surface area contributed by atoms with Gasteiger partial charge in [0.2, 0.25) is 0 Å². The highest BCUT2D eigenvalue weighted by Crippen LogP contribution is 2.30. The van der Waals surface area contributed by atoms with Crippen LogP contribution in [0.25, 0.3) is 6.08 Å². The van der Waals surface area contributed by atoms with E-state index in [1.807, 2.05) is 48.5 Å². The van der Waals surface area contributed by atoms with E-state index in [-0.39, 0.29) is 12.2 Å². The summed E-state index contributed by atoms with van der Waals surface area (Å²) in [5.41, 5.74) is 2.27. The predicted octanol–water partition coefficient (Wildman–Crippen LogP) is 3.45. The van der Waals surface area contributed by atoms with Crippen LogP contribution in [0.5, 0.6) is 0 Å². The summed E-state index contributed by atoms with van der Waals surface area (Å²) >= 11 is 7.55. The van der Waals surface area contributed by atoms with Crippen LogP contribution >= 0.6 is 22.9 Å². The molecule has 0 spiro atoms. The number of thiazole rings is 1. The average Bonchev–Trinajstić information content (AvgIpc) is 3.04. The van der Waals surface area contributed by atoms with Gasteiger partial charge in [0.05, 0.1) is 28.5 Å². The number of hydrogen-bond donors (Lipinski definition) is 0. The number of nitrogens with zero attached hydrogens (tertiary/aromatic N) is 2. The Hall–Kier alpha value is -2.96. The first-order valence-electron chi connectivity index (χ1n) is 9.50. The standard InChI is InChI=1S/C23H19ClN2O3S/c1-3-29-22(28)19-14(2)25-23-26(20(19)15-9-5-4-6-10-15)21(27)18(30-23)13-16-11-7-8-12-17(16)24/h4-13,20H,3H2,1-2H3/b18-13+/t20-/m1/s1. The summed E-state index contributed by atoms with van der Waals surface area (Å²) in [5, 5.41) is 0.561. The molecule has 0 fully saturated rings. The highest BCUT2D eigenvalue weighted by Gasteiger charge is 2.33. The number of carbonyl (C=O) groups is 1. The first kappa shape index (κ1) is 20.3. The zero-order chi connectivity index (χ0) is 21.3. The molecule has 0 bridgehead atoms. The largest absolute Gasteiger partial charge is 0.463 e. The molecule has 7 heteroatoms. The van der Waals surface area contributed by atoms with Crippen molar-refractivity contribution in [2.45, 2.75) is 19.9 Å². The molecule has 30 heavy (non-hydrogen) atoms. The summed E-state index contributed by atoms with van der Waals surface area (Å²) in [5.74, 6) is -0.465. The van der Waals surface area contributed by atoms with Crippen LogP contribution in [0.4, 0.5) is 0 Å². The Bertz CT molecular complexity index is 1320. The summed E-state index contributed by atoms with van der Waals surface area (Å²) in [6.45, 7) is 3.77. The van der Waals surface area contributed by atoms with Crippen molar-refractivity contribution >= 4 is 35.0 Å². The fourth-order valence-electron chi connectivity index (χ4n) is 3.48. The molecule has 0 saturated carbocycles. The molecular formula is C23H19ClN2O3S.